The van der Waals surface area contributed by atoms with E-state index < -0.39 is 5.82 Å². The van der Waals surface area contributed by atoms with E-state index in [1.165, 1.54) is 31.9 Å². The van der Waals surface area contributed by atoms with Crippen molar-refractivity contribution in [3.05, 3.63) is 65.0 Å². The van der Waals surface area contributed by atoms with E-state index in [0.717, 1.165) is 29.4 Å². The minimum atomic E-state index is -0.425. The number of carbonyl (C=O) groups excluding carboxylic acids is 1. The third kappa shape index (κ3) is 3.45. The van der Waals surface area contributed by atoms with Crippen molar-refractivity contribution >= 4 is 5.78 Å². The fourth-order valence-electron chi connectivity index (χ4n) is 3.23. The summed E-state index contributed by atoms with van der Waals surface area (Å²) in [4.78, 5) is 12.0. The van der Waals surface area contributed by atoms with Gasteiger partial charge in [0.2, 0.25) is 0 Å². The SMILES string of the molecule is CC(=O)c1cc(F)ccc1-n1nc(C)cc1Cc1cnn(CC2CC2)c1. The number of aryl methyl sites for hydroxylation is 1. The van der Waals surface area contributed by atoms with Crippen LogP contribution >= 0.6 is 0 Å². The van der Waals surface area contributed by atoms with Crippen LogP contribution < -0.4 is 0 Å². The van der Waals surface area contributed by atoms with Gasteiger partial charge in [-0.15, -0.1) is 0 Å². The molecule has 1 fully saturated rings. The van der Waals surface area contributed by atoms with E-state index in [4.69, 9.17) is 0 Å². The highest BCUT2D eigenvalue weighted by atomic mass is 19.1. The molecule has 3 aromatic rings. The molecule has 0 atom stereocenters. The summed E-state index contributed by atoms with van der Waals surface area (Å²) in [5.74, 6) is 0.162. The molecule has 0 saturated heterocycles. The van der Waals surface area contributed by atoms with Gasteiger partial charge in [0.15, 0.2) is 5.78 Å². The zero-order chi connectivity index (χ0) is 18.3. The van der Waals surface area contributed by atoms with Gasteiger partial charge in [-0.25, -0.2) is 9.07 Å². The van der Waals surface area contributed by atoms with Crippen LogP contribution in [0.4, 0.5) is 4.39 Å². The van der Waals surface area contributed by atoms with Gasteiger partial charge in [-0.05, 0) is 62.4 Å². The second kappa shape index (κ2) is 6.52. The average Bonchev–Trinajstić information content (AvgIpc) is 3.18. The maximum absolute atomic E-state index is 13.6. The van der Waals surface area contributed by atoms with E-state index in [1.54, 1.807) is 10.7 Å². The molecule has 0 spiro atoms. The van der Waals surface area contributed by atoms with Crippen molar-refractivity contribution in [2.45, 2.75) is 39.7 Å². The van der Waals surface area contributed by atoms with Gasteiger partial charge in [0.05, 0.1) is 17.6 Å². The molecule has 1 aliphatic rings. The van der Waals surface area contributed by atoms with E-state index in [-0.39, 0.29) is 5.78 Å². The molecule has 1 aromatic carbocycles. The zero-order valence-corrected chi connectivity index (χ0v) is 14.9. The number of ketones is 1. The summed E-state index contributed by atoms with van der Waals surface area (Å²) in [6.45, 7) is 4.33. The van der Waals surface area contributed by atoms with Gasteiger partial charge in [0.25, 0.3) is 0 Å². The molecule has 0 N–H and O–H groups in total. The molecule has 0 radical (unpaired) electrons. The van der Waals surface area contributed by atoms with Crippen molar-refractivity contribution in [1.29, 1.82) is 0 Å². The van der Waals surface area contributed by atoms with Crippen LogP contribution in [0.1, 0.15) is 47.1 Å². The Labute approximate surface area is 151 Å². The topological polar surface area (TPSA) is 52.7 Å². The van der Waals surface area contributed by atoms with Crippen LogP contribution in [0.2, 0.25) is 0 Å². The second-order valence-corrected chi connectivity index (χ2v) is 7.10. The molecule has 0 unspecified atom stereocenters. The van der Waals surface area contributed by atoms with Crippen LogP contribution in [0, 0.1) is 18.7 Å². The third-order valence-corrected chi connectivity index (χ3v) is 4.69. The standard InChI is InChI=1S/C20H21FN4O/c1-13-7-18(8-16-10-22-24(12-16)11-15-3-4-15)25(23-13)20-6-5-17(21)9-19(20)14(2)26/h5-7,9-10,12,15H,3-4,8,11H2,1-2H3. The Morgan fingerprint density at radius 2 is 2.12 bits per heavy atom. The Bertz CT molecular complexity index is 968. The van der Waals surface area contributed by atoms with Gasteiger partial charge in [-0.3, -0.25) is 9.48 Å². The zero-order valence-electron chi connectivity index (χ0n) is 14.9. The lowest BCUT2D eigenvalue weighted by Gasteiger charge is -2.11. The quantitative estimate of drug-likeness (QED) is 0.635. The minimum Gasteiger partial charge on any atom is -0.294 e. The predicted octanol–water partition coefficient (Wildman–Crippen LogP) is 3.72. The molecule has 1 aliphatic carbocycles. The number of halogens is 1. The molecule has 5 nitrogen and oxygen atoms in total. The lowest BCUT2D eigenvalue weighted by Crippen LogP contribution is -2.09. The van der Waals surface area contributed by atoms with Crippen molar-refractivity contribution in [2.24, 2.45) is 5.92 Å². The summed E-state index contributed by atoms with van der Waals surface area (Å²) >= 11 is 0. The lowest BCUT2D eigenvalue weighted by molar-refractivity contribution is 0.101. The monoisotopic (exact) mass is 352 g/mol. The van der Waals surface area contributed by atoms with Crippen molar-refractivity contribution in [1.82, 2.24) is 19.6 Å². The summed E-state index contributed by atoms with van der Waals surface area (Å²) in [7, 11) is 0. The highest BCUT2D eigenvalue weighted by molar-refractivity contribution is 5.97. The number of benzene rings is 1. The van der Waals surface area contributed by atoms with E-state index >= 15 is 0 Å². The largest absolute Gasteiger partial charge is 0.294 e. The number of hydrogen-bond donors (Lipinski definition) is 0. The second-order valence-electron chi connectivity index (χ2n) is 7.10. The number of nitrogens with zero attached hydrogens (tertiary/aromatic N) is 4. The molecule has 1 saturated carbocycles. The molecular formula is C20H21FN4O. The Hall–Kier alpha value is -2.76. The molecule has 0 bridgehead atoms. The Morgan fingerprint density at radius 3 is 2.85 bits per heavy atom. The van der Waals surface area contributed by atoms with Gasteiger partial charge in [-0.2, -0.15) is 10.2 Å². The molecule has 26 heavy (non-hydrogen) atoms. The molecular weight excluding hydrogens is 331 g/mol. The molecule has 2 aromatic heterocycles. The molecule has 0 amide bonds. The van der Waals surface area contributed by atoms with Crippen LogP contribution in [0.25, 0.3) is 5.69 Å². The van der Waals surface area contributed by atoms with Gasteiger partial charge in [0.1, 0.15) is 5.82 Å². The Kier molecular flexibility index (Phi) is 4.18. The predicted molar refractivity (Wildman–Crippen MR) is 96.0 cm³/mol. The fraction of sp³-hybridized carbons (Fsp3) is 0.350. The lowest BCUT2D eigenvalue weighted by atomic mass is 10.1. The summed E-state index contributed by atoms with van der Waals surface area (Å²) in [6.07, 6.45) is 7.19. The summed E-state index contributed by atoms with van der Waals surface area (Å²) in [5, 5.41) is 8.97. The Morgan fingerprint density at radius 1 is 1.31 bits per heavy atom. The number of carbonyl (C=O) groups is 1. The molecule has 0 aliphatic heterocycles. The van der Waals surface area contributed by atoms with Crippen LogP contribution in [0.5, 0.6) is 0 Å². The first-order valence-electron chi connectivity index (χ1n) is 8.87. The van der Waals surface area contributed by atoms with Crippen LogP contribution in [-0.2, 0) is 13.0 Å². The van der Waals surface area contributed by atoms with Crippen molar-refractivity contribution in [3.8, 4) is 5.69 Å². The Balaban J connectivity index is 1.67. The molecule has 2 heterocycles. The average molecular weight is 352 g/mol. The van der Waals surface area contributed by atoms with E-state index in [0.29, 0.717) is 17.7 Å². The molecule has 6 heteroatoms. The highest BCUT2D eigenvalue weighted by Gasteiger charge is 2.22. The van der Waals surface area contributed by atoms with Gasteiger partial charge in [-0.1, -0.05) is 0 Å². The first-order valence-corrected chi connectivity index (χ1v) is 8.87. The maximum atomic E-state index is 13.6. The fourth-order valence-corrected chi connectivity index (χ4v) is 3.23. The summed E-state index contributed by atoms with van der Waals surface area (Å²) in [6, 6.07) is 6.23. The normalized spacial score (nSPS) is 14.0. The smallest absolute Gasteiger partial charge is 0.162 e. The molecule has 134 valence electrons. The number of rotatable bonds is 6. The summed E-state index contributed by atoms with van der Waals surface area (Å²) < 4.78 is 17.3. The van der Waals surface area contributed by atoms with E-state index in [9.17, 15) is 9.18 Å². The van der Waals surface area contributed by atoms with Crippen molar-refractivity contribution < 1.29 is 9.18 Å². The maximum Gasteiger partial charge on any atom is 0.162 e. The minimum absolute atomic E-state index is 0.184. The van der Waals surface area contributed by atoms with Crippen molar-refractivity contribution in [3.63, 3.8) is 0 Å². The van der Waals surface area contributed by atoms with Gasteiger partial charge >= 0.3 is 0 Å². The molecule has 4 rings (SSSR count). The highest BCUT2D eigenvalue weighted by Crippen LogP contribution is 2.30. The van der Waals surface area contributed by atoms with E-state index in [1.807, 2.05) is 23.9 Å². The number of Topliss-reactive ketones (excluding diaryl/α,β-unsaturated/α-hetero) is 1. The number of aromatic nitrogens is 4. The van der Waals surface area contributed by atoms with Crippen molar-refractivity contribution in [2.75, 3.05) is 0 Å². The first-order chi connectivity index (χ1) is 12.5. The van der Waals surface area contributed by atoms with Crippen LogP contribution in [-0.4, -0.2) is 25.3 Å². The van der Waals surface area contributed by atoms with Gasteiger partial charge in [0, 0.05) is 30.4 Å². The summed E-state index contributed by atoms with van der Waals surface area (Å²) in [5.41, 5.74) is 3.83. The van der Waals surface area contributed by atoms with Crippen LogP contribution in [0.15, 0.2) is 36.7 Å². The first kappa shape index (κ1) is 16.7. The third-order valence-electron chi connectivity index (χ3n) is 4.69. The number of hydrogen-bond acceptors (Lipinski definition) is 3. The van der Waals surface area contributed by atoms with Gasteiger partial charge < -0.3 is 0 Å². The van der Waals surface area contributed by atoms with Crippen LogP contribution in [0.3, 0.4) is 0 Å². The van der Waals surface area contributed by atoms with E-state index in [2.05, 4.69) is 16.4 Å².